The van der Waals surface area contributed by atoms with E-state index in [-0.39, 0.29) is 26.5 Å². The third kappa shape index (κ3) is 3.62. The number of thiophene rings is 1. The number of hydrogen-bond donors (Lipinski definition) is 1. The molecule has 0 aliphatic rings. The molecule has 7 nitrogen and oxygen atoms in total. The third-order valence-electron chi connectivity index (χ3n) is 5.21. The smallest absolute Gasteiger partial charge is 0.369 e. The third-order valence-corrected chi connectivity index (χ3v) is 7.19. The van der Waals surface area contributed by atoms with Crippen LogP contribution in [0.1, 0.15) is 22.1 Å². The molecular formula is C20H13F5N4O3S2. The maximum atomic E-state index is 14.6. The number of carbonyl (C=O) groups excluding carboxylic acids is 1. The van der Waals surface area contributed by atoms with E-state index in [1.54, 1.807) is 0 Å². The summed E-state index contributed by atoms with van der Waals surface area (Å²) in [6.45, 7) is 0. The maximum Gasteiger partial charge on any atom is 0.422 e. The Labute approximate surface area is 194 Å². The topological polar surface area (TPSA) is 100.0 Å². The molecule has 0 aliphatic heterocycles. The molecule has 3 heterocycles. The molecule has 0 fully saturated rings. The van der Waals surface area contributed by atoms with Gasteiger partial charge in [0, 0.05) is 25.0 Å². The Hall–Kier alpha value is -3.39. The van der Waals surface area contributed by atoms with Crippen molar-refractivity contribution in [2.45, 2.75) is 12.1 Å². The van der Waals surface area contributed by atoms with E-state index in [9.17, 15) is 36.3 Å². The van der Waals surface area contributed by atoms with Crippen molar-refractivity contribution in [3.63, 3.8) is 0 Å². The van der Waals surface area contributed by atoms with Crippen LogP contribution in [0.25, 0.3) is 21.5 Å². The van der Waals surface area contributed by atoms with E-state index < -0.39 is 52.0 Å². The van der Waals surface area contributed by atoms with E-state index in [0.29, 0.717) is 6.07 Å². The minimum Gasteiger partial charge on any atom is -0.369 e. The molecule has 0 aliphatic carbocycles. The van der Waals surface area contributed by atoms with Gasteiger partial charge >= 0.3 is 11.9 Å². The zero-order valence-corrected chi connectivity index (χ0v) is 18.9. The molecular weight excluding hydrogens is 503 g/mol. The monoisotopic (exact) mass is 516 g/mol. The summed E-state index contributed by atoms with van der Waals surface area (Å²) < 4.78 is 69.6. The van der Waals surface area contributed by atoms with E-state index in [2.05, 4.69) is 4.98 Å². The number of rotatable bonds is 4. The van der Waals surface area contributed by atoms with Crippen LogP contribution in [0.15, 0.2) is 32.5 Å². The fourth-order valence-electron chi connectivity index (χ4n) is 3.56. The number of nitrogens with zero attached hydrogens (tertiary/aromatic N) is 3. The number of thiazole rings is 1. The fraction of sp³-hybridized carbons (Fsp3) is 0.200. The number of aromatic nitrogens is 3. The van der Waals surface area contributed by atoms with Gasteiger partial charge in [0.2, 0.25) is 5.91 Å². The van der Waals surface area contributed by atoms with E-state index >= 15 is 0 Å². The number of aryl methyl sites for hydroxylation is 1. The lowest BCUT2D eigenvalue weighted by atomic mass is 9.99. The average Bonchev–Trinajstić information content (AvgIpc) is 3.38. The summed E-state index contributed by atoms with van der Waals surface area (Å²) in [4.78, 5) is 41.7. The van der Waals surface area contributed by atoms with Crippen LogP contribution < -0.4 is 17.0 Å². The highest BCUT2D eigenvalue weighted by Crippen LogP contribution is 2.39. The minimum absolute atomic E-state index is 0.0182. The molecule has 0 spiro atoms. The predicted molar refractivity (Wildman–Crippen MR) is 116 cm³/mol. The van der Waals surface area contributed by atoms with Crippen molar-refractivity contribution in [2.24, 2.45) is 19.8 Å². The summed E-state index contributed by atoms with van der Waals surface area (Å²) in [6.07, 6.45) is -5.27. The molecule has 34 heavy (non-hydrogen) atoms. The molecule has 0 bridgehead atoms. The number of carbonyl (C=O) groups is 1. The summed E-state index contributed by atoms with van der Waals surface area (Å²) in [7, 11) is 2.71. The first-order chi connectivity index (χ1) is 15.8. The van der Waals surface area contributed by atoms with Gasteiger partial charge in [0.1, 0.15) is 33.0 Å². The Bertz CT molecular complexity index is 1580. The van der Waals surface area contributed by atoms with Crippen molar-refractivity contribution in [3.8, 4) is 11.3 Å². The number of nitrogens with two attached hydrogens (primary N) is 1. The Morgan fingerprint density at radius 2 is 1.76 bits per heavy atom. The zero-order valence-electron chi connectivity index (χ0n) is 17.2. The minimum atomic E-state index is -5.27. The van der Waals surface area contributed by atoms with Gasteiger partial charge < -0.3 is 5.73 Å². The lowest BCUT2D eigenvalue weighted by Crippen LogP contribution is -2.37. The second kappa shape index (κ2) is 8.13. The molecule has 4 aromatic rings. The first-order valence-corrected chi connectivity index (χ1v) is 11.1. The van der Waals surface area contributed by atoms with E-state index in [1.165, 1.54) is 29.4 Å². The predicted octanol–water partition coefficient (Wildman–Crippen LogP) is 3.34. The fourth-order valence-corrected chi connectivity index (χ4v) is 5.56. The molecule has 178 valence electrons. The molecule has 3 aromatic heterocycles. The van der Waals surface area contributed by atoms with Crippen LogP contribution in [0.3, 0.4) is 0 Å². The summed E-state index contributed by atoms with van der Waals surface area (Å²) in [5.41, 5.74) is 1.53. The first kappa shape index (κ1) is 23.8. The van der Waals surface area contributed by atoms with Crippen LogP contribution >= 0.6 is 22.7 Å². The first-order valence-electron chi connectivity index (χ1n) is 9.32. The van der Waals surface area contributed by atoms with Gasteiger partial charge in [0.05, 0.1) is 11.1 Å². The summed E-state index contributed by atoms with van der Waals surface area (Å²) >= 11 is 1.83. The zero-order chi connectivity index (χ0) is 25.1. The summed E-state index contributed by atoms with van der Waals surface area (Å²) in [5, 5.41) is 2.70. The molecule has 0 saturated heterocycles. The molecule has 1 amide bonds. The van der Waals surface area contributed by atoms with Crippen molar-refractivity contribution in [1.82, 2.24) is 14.1 Å². The lowest BCUT2D eigenvalue weighted by Gasteiger charge is -2.12. The van der Waals surface area contributed by atoms with Gasteiger partial charge in [0.15, 0.2) is 0 Å². The van der Waals surface area contributed by atoms with Gasteiger partial charge in [-0.2, -0.15) is 13.2 Å². The van der Waals surface area contributed by atoms with Crippen molar-refractivity contribution in [1.29, 1.82) is 0 Å². The Balaban J connectivity index is 1.89. The number of primary amides is 1. The molecule has 14 heteroatoms. The molecule has 1 unspecified atom stereocenters. The van der Waals surface area contributed by atoms with Gasteiger partial charge in [0.25, 0.3) is 5.56 Å². The Morgan fingerprint density at radius 1 is 1.09 bits per heavy atom. The molecule has 0 radical (unpaired) electrons. The second-order valence-corrected chi connectivity index (χ2v) is 9.01. The summed E-state index contributed by atoms with van der Waals surface area (Å²) in [5.74, 6) is -5.84. The van der Waals surface area contributed by atoms with Crippen LogP contribution in [0, 0.1) is 11.6 Å². The normalized spacial score (nSPS) is 12.9. The quantitative estimate of drug-likeness (QED) is 0.421. The number of halogens is 5. The Kier molecular flexibility index (Phi) is 5.68. The van der Waals surface area contributed by atoms with Crippen LogP contribution in [0.5, 0.6) is 0 Å². The SMILES string of the molecule is Cn1c(=O)c2c(C(C(N)=O)c3nc(-c4ccc(F)c(C(F)(F)F)c4F)cs3)csc2n(C)c1=O. The van der Waals surface area contributed by atoms with Crippen LogP contribution in [-0.2, 0) is 25.1 Å². The second-order valence-electron chi connectivity index (χ2n) is 7.27. The van der Waals surface area contributed by atoms with Crippen LogP contribution in [0.4, 0.5) is 22.0 Å². The molecule has 2 N–H and O–H groups in total. The number of alkyl halides is 3. The maximum absolute atomic E-state index is 14.6. The van der Waals surface area contributed by atoms with Crippen molar-refractivity contribution in [2.75, 3.05) is 0 Å². The van der Waals surface area contributed by atoms with Gasteiger partial charge in [-0.05, 0) is 23.1 Å². The van der Waals surface area contributed by atoms with Crippen molar-refractivity contribution < 1.29 is 26.7 Å². The number of amides is 1. The number of benzene rings is 1. The molecule has 0 saturated carbocycles. The average molecular weight is 516 g/mol. The van der Waals surface area contributed by atoms with Crippen molar-refractivity contribution >= 4 is 38.8 Å². The van der Waals surface area contributed by atoms with E-state index in [4.69, 9.17) is 5.73 Å². The van der Waals surface area contributed by atoms with E-state index in [1.807, 2.05) is 0 Å². The highest BCUT2D eigenvalue weighted by atomic mass is 32.1. The highest BCUT2D eigenvalue weighted by Gasteiger charge is 2.39. The highest BCUT2D eigenvalue weighted by molar-refractivity contribution is 7.17. The Morgan fingerprint density at radius 3 is 2.38 bits per heavy atom. The largest absolute Gasteiger partial charge is 0.422 e. The van der Waals surface area contributed by atoms with Gasteiger partial charge in [-0.3, -0.25) is 18.7 Å². The van der Waals surface area contributed by atoms with E-state index in [0.717, 1.165) is 33.3 Å². The van der Waals surface area contributed by atoms with Gasteiger partial charge in [-0.25, -0.2) is 18.6 Å². The number of fused-ring (bicyclic) bond motifs is 1. The van der Waals surface area contributed by atoms with Crippen LogP contribution in [-0.4, -0.2) is 20.0 Å². The molecule has 1 aromatic carbocycles. The lowest BCUT2D eigenvalue weighted by molar-refractivity contribution is -0.142. The van der Waals surface area contributed by atoms with Gasteiger partial charge in [-0.1, -0.05) is 0 Å². The molecule has 4 rings (SSSR count). The van der Waals surface area contributed by atoms with Crippen LogP contribution in [0.2, 0.25) is 0 Å². The number of hydrogen-bond acceptors (Lipinski definition) is 6. The van der Waals surface area contributed by atoms with Crippen molar-refractivity contribution in [3.05, 3.63) is 71.5 Å². The summed E-state index contributed by atoms with van der Waals surface area (Å²) in [6, 6.07) is 1.28. The standard InChI is InChI=1S/C20H13F5N4O3S2/c1-28-17(31)12-8(5-34-18(12)29(2)19(28)32)11(15(26)30)16-27-10(6-33-16)7-3-4-9(21)13(14(7)22)20(23,24)25/h3-6,11H,1-2H3,(H2,26,30). The molecule has 1 atom stereocenters. The van der Waals surface area contributed by atoms with Gasteiger partial charge in [-0.15, -0.1) is 22.7 Å².